The van der Waals surface area contributed by atoms with Gasteiger partial charge in [0.05, 0.1) is 7.11 Å². The number of nitrogens with zero attached hydrogens (tertiary/aromatic N) is 2. The van der Waals surface area contributed by atoms with Gasteiger partial charge in [-0.3, -0.25) is 14.5 Å². The van der Waals surface area contributed by atoms with Crippen LogP contribution >= 0.6 is 11.6 Å². The summed E-state index contributed by atoms with van der Waals surface area (Å²) in [5.74, 6) is 0.723. The maximum atomic E-state index is 13.0. The molecule has 2 aromatic rings. The first kappa shape index (κ1) is 19.7. The molecule has 2 amide bonds. The quantitative estimate of drug-likeness (QED) is 0.815. The lowest BCUT2D eigenvalue weighted by Crippen LogP contribution is -2.69. The van der Waals surface area contributed by atoms with Crippen molar-refractivity contribution in [2.75, 3.05) is 26.7 Å². The fraction of sp³-hybridized carbons (Fsp3) is 0.364. The van der Waals surface area contributed by atoms with Crippen LogP contribution in [0.15, 0.2) is 48.5 Å². The Morgan fingerprint density at radius 3 is 2.66 bits per heavy atom. The van der Waals surface area contributed by atoms with E-state index in [2.05, 4.69) is 10.2 Å². The molecule has 2 heterocycles. The molecule has 0 unspecified atom stereocenters. The first-order valence-corrected chi connectivity index (χ1v) is 10.1. The second-order valence-electron chi connectivity index (χ2n) is 7.53. The lowest BCUT2D eigenvalue weighted by Gasteiger charge is -2.45. The molecule has 152 valence electrons. The largest absolute Gasteiger partial charge is 0.497 e. The first-order chi connectivity index (χ1) is 14.0. The predicted octanol–water partition coefficient (Wildman–Crippen LogP) is 2.10. The average molecular weight is 414 g/mol. The van der Waals surface area contributed by atoms with Gasteiger partial charge in [-0.25, -0.2) is 0 Å². The summed E-state index contributed by atoms with van der Waals surface area (Å²) < 4.78 is 5.29. The highest BCUT2D eigenvalue weighted by molar-refractivity contribution is 6.30. The van der Waals surface area contributed by atoms with E-state index >= 15 is 0 Å². The van der Waals surface area contributed by atoms with Crippen molar-refractivity contribution in [3.05, 3.63) is 64.7 Å². The smallest absolute Gasteiger partial charge is 0.246 e. The number of ether oxygens (including phenoxy) is 1. The van der Waals surface area contributed by atoms with Crippen LogP contribution in [-0.2, 0) is 22.6 Å². The molecule has 29 heavy (non-hydrogen) atoms. The molecule has 6 nitrogen and oxygen atoms in total. The number of carbonyl (C=O) groups excluding carboxylic acids is 2. The fourth-order valence-electron chi connectivity index (χ4n) is 4.02. The summed E-state index contributed by atoms with van der Waals surface area (Å²) >= 11 is 5.93. The Morgan fingerprint density at radius 1 is 1.10 bits per heavy atom. The lowest BCUT2D eigenvalue weighted by atomic mass is 9.98. The zero-order chi connectivity index (χ0) is 20.4. The number of nitrogens with one attached hydrogen (secondary N) is 1. The summed E-state index contributed by atoms with van der Waals surface area (Å²) in [7, 11) is 1.65. The molecule has 1 N–H and O–H groups in total. The highest BCUT2D eigenvalue weighted by atomic mass is 35.5. The molecule has 2 fully saturated rings. The average Bonchev–Trinajstić information content (AvgIpc) is 2.73. The van der Waals surface area contributed by atoms with Crippen molar-refractivity contribution in [2.45, 2.75) is 25.0 Å². The number of rotatable bonds is 5. The zero-order valence-corrected chi connectivity index (χ0v) is 17.1. The summed E-state index contributed by atoms with van der Waals surface area (Å²) in [4.78, 5) is 29.7. The normalized spacial score (nSPS) is 22.2. The van der Waals surface area contributed by atoms with E-state index in [9.17, 15) is 9.59 Å². The number of fused-ring (bicyclic) bond motifs is 1. The van der Waals surface area contributed by atoms with Gasteiger partial charge < -0.3 is 15.0 Å². The van der Waals surface area contributed by atoms with Gasteiger partial charge in [-0.2, -0.15) is 0 Å². The minimum atomic E-state index is -0.523. The van der Waals surface area contributed by atoms with Gasteiger partial charge in [0.2, 0.25) is 11.8 Å². The molecule has 0 bridgehead atoms. The lowest BCUT2D eigenvalue weighted by molar-refractivity contribution is -0.153. The van der Waals surface area contributed by atoms with Gasteiger partial charge in [0.1, 0.15) is 17.8 Å². The van der Waals surface area contributed by atoms with E-state index in [-0.39, 0.29) is 11.8 Å². The number of hydrogen-bond donors (Lipinski definition) is 1. The van der Waals surface area contributed by atoms with Gasteiger partial charge in [-0.1, -0.05) is 35.9 Å². The molecular formula is C22H24ClN3O3. The monoisotopic (exact) mass is 413 g/mol. The Balaban J connectivity index is 1.41. The van der Waals surface area contributed by atoms with Gasteiger partial charge in [0, 0.05) is 37.6 Å². The van der Waals surface area contributed by atoms with Crippen LogP contribution in [0.25, 0.3) is 0 Å². The molecule has 2 aromatic carbocycles. The summed E-state index contributed by atoms with van der Waals surface area (Å²) in [6.45, 7) is 2.54. The molecule has 2 aliphatic heterocycles. The number of hydrogen-bond acceptors (Lipinski definition) is 4. The number of halogens is 1. The minimum absolute atomic E-state index is 0.00872. The van der Waals surface area contributed by atoms with Crippen molar-refractivity contribution in [3.8, 4) is 5.75 Å². The molecule has 0 radical (unpaired) electrons. The predicted molar refractivity (Wildman–Crippen MR) is 111 cm³/mol. The van der Waals surface area contributed by atoms with Gasteiger partial charge >= 0.3 is 0 Å². The van der Waals surface area contributed by atoms with Gasteiger partial charge in [0.25, 0.3) is 0 Å². The highest BCUT2D eigenvalue weighted by Gasteiger charge is 2.43. The summed E-state index contributed by atoms with van der Waals surface area (Å²) in [5, 5.41) is 3.57. The standard InChI is InChI=1S/C22H24ClN3O3/c1-29-18-4-2-3-16(11-18)13-25-9-10-26-20(14-25)21(27)24-19(22(26)28)12-15-5-7-17(23)8-6-15/h2-8,11,19-20H,9-10,12-14H2,1H3,(H,24,27)/t19-,20+/m0/s1. The molecule has 0 spiro atoms. The SMILES string of the molecule is COc1cccc(CN2CCN3C(=O)[C@H](Cc4ccc(Cl)cc4)NC(=O)[C@H]3C2)c1. The van der Waals surface area contributed by atoms with Crippen LogP contribution in [-0.4, -0.2) is 60.4 Å². The molecule has 2 atom stereocenters. The molecule has 4 rings (SSSR count). The van der Waals surface area contributed by atoms with Gasteiger partial charge in [-0.05, 0) is 35.4 Å². The molecule has 0 saturated carbocycles. The van der Waals surface area contributed by atoms with Crippen molar-refractivity contribution in [1.29, 1.82) is 0 Å². The summed E-state index contributed by atoms with van der Waals surface area (Å²) in [6, 6.07) is 14.3. The van der Waals surface area contributed by atoms with Crippen molar-refractivity contribution < 1.29 is 14.3 Å². The topological polar surface area (TPSA) is 61.9 Å². The van der Waals surface area contributed by atoms with Crippen molar-refractivity contribution >= 4 is 23.4 Å². The van der Waals surface area contributed by atoms with Gasteiger partial charge in [-0.15, -0.1) is 0 Å². The third kappa shape index (κ3) is 4.38. The summed E-state index contributed by atoms with van der Waals surface area (Å²) in [6.07, 6.45) is 0.471. The van der Waals surface area contributed by atoms with E-state index in [1.165, 1.54) is 0 Å². The fourth-order valence-corrected chi connectivity index (χ4v) is 4.15. The number of methoxy groups -OCH3 is 1. The molecule has 2 saturated heterocycles. The van der Waals surface area contributed by atoms with Crippen molar-refractivity contribution in [1.82, 2.24) is 15.1 Å². The Morgan fingerprint density at radius 2 is 1.90 bits per heavy atom. The zero-order valence-electron chi connectivity index (χ0n) is 16.3. The van der Waals surface area contributed by atoms with Crippen LogP contribution in [0.4, 0.5) is 0 Å². The molecular weight excluding hydrogens is 390 g/mol. The summed E-state index contributed by atoms with van der Waals surface area (Å²) in [5.41, 5.74) is 2.10. The van der Waals surface area contributed by atoms with E-state index < -0.39 is 12.1 Å². The Kier molecular flexibility index (Phi) is 5.74. The molecule has 2 aliphatic rings. The number of benzene rings is 2. The third-order valence-corrected chi connectivity index (χ3v) is 5.81. The maximum absolute atomic E-state index is 13.0. The Bertz CT molecular complexity index is 902. The first-order valence-electron chi connectivity index (χ1n) is 9.74. The highest BCUT2D eigenvalue weighted by Crippen LogP contribution is 2.21. The number of piperazine rings is 2. The van der Waals surface area contributed by atoms with Crippen LogP contribution < -0.4 is 10.1 Å². The Labute approximate surface area is 175 Å². The third-order valence-electron chi connectivity index (χ3n) is 5.56. The second kappa shape index (κ2) is 8.43. The van der Waals surface area contributed by atoms with Crippen molar-refractivity contribution in [2.24, 2.45) is 0 Å². The van der Waals surface area contributed by atoms with Crippen LogP contribution in [0.5, 0.6) is 5.75 Å². The maximum Gasteiger partial charge on any atom is 0.246 e. The van der Waals surface area contributed by atoms with E-state index in [1.54, 1.807) is 24.1 Å². The van der Waals surface area contributed by atoms with E-state index in [0.29, 0.717) is 24.5 Å². The van der Waals surface area contributed by atoms with Crippen LogP contribution in [0, 0.1) is 0 Å². The van der Waals surface area contributed by atoms with E-state index in [4.69, 9.17) is 16.3 Å². The van der Waals surface area contributed by atoms with Gasteiger partial charge in [0.15, 0.2) is 0 Å². The van der Waals surface area contributed by atoms with Crippen LogP contribution in [0.2, 0.25) is 5.02 Å². The van der Waals surface area contributed by atoms with E-state index in [1.807, 2.05) is 36.4 Å². The van der Waals surface area contributed by atoms with Crippen molar-refractivity contribution in [3.63, 3.8) is 0 Å². The number of carbonyl (C=O) groups is 2. The van der Waals surface area contributed by atoms with Crippen LogP contribution in [0.1, 0.15) is 11.1 Å². The minimum Gasteiger partial charge on any atom is -0.497 e. The molecule has 0 aromatic heterocycles. The molecule has 7 heteroatoms. The number of amides is 2. The molecule has 0 aliphatic carbocycles. The Hall–Kier alpha value is -2.57. The van der Waals surface area contributed by atoms with E-state index in [0.717, 1.165) is 30.0 Å². The van der Waals surface area contributed by atoms with Crippen LogP contribution in [0.3, 0.4) is 0 Å². The second-order valence-corrected chi connectivity index (χ2v) is 7.96.